The number of aryl methyl sites for hydroxylation is 1. The van der Waals surface area contributed by atoms with Crippen LogP contribution in [0.15, 0.2) is 10.4 Å². The second-order valence-electron chi connectivity index (χ2n) is 4.06. The Labute approximate surface area is 108 Å². The standard InChI is InChI=1S/C12H22N4S/c1-5-9(2)15-12(13-4)14-7-6-11-8-17-10(3)16-11/h8-9H,5-7H2,1-4H3,(H2,13,14,15). The van der Waals surface area contributed by atoms with Crippen molar-refractivity contribution < 1.29 is 0 Å². The lowest BCUT2D eigenvalue weighted by Gasteiger charge is -2.16. The first kappa shape index (κ1) is 14.0. The zero-order chi connectivity index (χ0) is 12.7. The molecule has 17 heavy (non-hydrogen) atoms. The van der Waals surface area contributed by atoms with Gasteiger partial charge < -0.3 is 10.6 Å². The quantitative estimate of drug-likeness (QED) is 0.624. The van der Waals surface area contributed by atoms with Crippen LogP contribution in [0.5, 0.6) is 0 Å². The van der Waals surface area contributed by atoms with Crippen LogP contribution in [-0.2, 0) is 6.42 Å². The van der Waals surface area contributed by atoms with Crippen LogP contribution < -0.4 is 10.6 Å². The van der Waals surface area contributed by atoms with Crippen molar-refractivity contribution in [3.8, 4) is 0 Å². The van der Waals surface area contributed by atoms with Crippen molar-refractivity contribution >= 4 is 17.3 Å². The molecule has 0 saturated carbocycles. The molecule has 1 aromatic rings. The zero-order valence-corrected chi connectivity index (χ0v) is 11.9. The van der Waals surface area contributed by atoms with E-state index in [1.54, 1.807) is 18.4 Å². The summed E-state index contributed by atoms with van der Waals surface area (Å²) >= 11 is 1.70. The molecule has 5 heteroatoms. The van der Waals surface area contributed by atoms with E-state index in [1.165, 1.54) is 0 Å². The van der Waals surface area contributed by atoms with E-state index in [4.69, 9.17) is 0 Å². The molecule has 1 unspecified atom stereocenters. The van der Waals surface area contributed by atoms with Gasteiger partial charge in [0, 0.05) is 31.4 Å². The van der Waals surface area contributed by atoms with Crippen LogP contribution >= 0.6 is 11.3 Å². The molecule has 0 bridgehead atoms. The van der Waals surface area contributed by atoms with Crippen LogP contribution in [0.3, 0.4) is 0 Å². The number of nitrogens with one attached hydrogen (secondary N) is 2. The normalized spacial score (nSPS) is 13.5. The van der Waals surface area contributed by atoms with E-state index in [-0.39, 0.29) is 0 Å². The zero-order valence-electron chi connectivity index (χ0n) is 11.1. The summed E-state index contributed by atoms with van der Waals surface area (Å²) < 4.78 is 0. The molecule has 0 aliphatic carbocycles. The van der Waals surface area contributed by atoms with Gasteiger partial charge in [0.2, 0.25) is 0 Å². The van der Waals surface area contributed by atoms with E-state index >= 15 is 0 Å². The molecule has 1 atom stereocenters. The van der Waals surface area contributed by atoms with Gasteiger partial charge in [0.25, 0.3) is 0 Å². The average molecular weight is 254 g/mol. The first-order valence-corrected chi connectivity index (χ1v) is 6.91. The molecule has 0 aliphatic heterocycles. The molecule has 0 spiro atoms. The number of hydrogen-bond donors (Lipinski definition) is 2. The van der Waals surface area contributed by atoms with Crippen molar-refractivity contribution in [3.63, 3.8) is 0 Å². The number of nitrogens with zero attached hydrogens (tertiary/aromatic N) is 2. The highest BCUT2D eigenvalue weighted by Gasteiger charge is 2.03. The van der Waals surface area contributed by atoms with Crippen LogP contribution in [0.4, 0.5) is 0 Å². The fourth-order valence-electron chi connectivity index (χ4n) is 1.36. The first-order chi connectivity index (χ1) is 8.15. The number of aliphatic imine (C=N–C) groups is 1. The minimum atomic E-state index is 0.447. The summed E-state index contributed by atoms with van der Waals surface area (Å²) in [5.74, 6) is 0.867. The lowest BCUT2D eigenvalue weighted by atomic mass is 10.3. The minimum Gasteiger partial charge on any atom is -0.356 e. The smallest absolute Gasteiger partial charge is 0.191 e. The number of aromatic nitrogens is 1. The maximum atomic E-state index is 4.43. The van der Waals surface area contributed by atoms with Gasteiger partial charge in [-0.05, 0) is 20.3 Å². The number of hydrogen-bond acceptors (Lipinski definition) is 3. The molecule has 0 aromatic carbocycles. The molecule has 0 amide bonds. The van der Waals surface area contributed by atoms with Gasteiger partial charge in [-0.1, -0.05) is 6.92 Å². The number of rotatable bonds is 5. The van der Waals surface area contributed by atoms with Crippen LogP contribution in [0.1, 0.15) is 31.0 Å². The molecule has 0 fully saturated rings. The molecule has 2 N–H and O–H groups in total. The van der Waals surface area contributed by atoms with Gasteiger partial charge in [0.1, 0.15) is 0 Å². The molecule has 0 saturated heterocycles. The summed E-state index contributed by atoms with van der Waals surface area (Å²) in [5.41, 5.74) is 1.15. The third-order valence-corrected chi connectivity index (χ3v) is 3.38. The van der Waals surface area contributed by atoms with Crippen molar-refractivity contribution in [1.29, 1.82) is 0 Å². The average Bonchev–Trinajstić information content (AvgIpc) is 2.73. The Morgan fingerprint density at radius 2 is 2.35 bits per heavy atom. The van der Waals surface area contributed by atoms with Crippen LogP contribution in [0, 0.1) is 6.92 Å². The lowest BCUT2D eigenvalue weighted by Crippen LogP contribution is -2.42. The lowest BCUT2D eigenvalue weighted by molar-refractivity contribution is 0.623. The molecular weight excluding hydrogens is 232 g/mol. The second-order valence-corrected chi connectivity index (χ2v) is 5.12. The van der Waals surface area contributed by atoms with E-state index in [0.29, 0.717) is 6.04 Å². The van der Waals surface area contributed by atoms with Crippen LogP contribution in [-0.4, -0.2) is 30.6 Å². The van der Waals surface area contributed by atoms with Crippen molar-refractivity contribution in [2.45, 2.75) is 39.7 Å². The summed E-state index contributed by atoms with van der Waals surface area (Å²) in [6.07, 6.45) is 2.03. The van der Waals surface area contributed by atoms with E-state index in [0.717, 1.165) is 36.0 Å². The Morgan fingerprint density at radius 3 is 2.88 bits per heavy atom. The van der Waals surface area contributed by atoms with Gasteiger partial charge in [0.05, 0.1) is 10.7 Å². The summed E-state index contributed by atoms with van der Waals surface area (Å²) in [4.78, 5) is 8.62. The Kier molecular flexibility index (Phi) is 5.97. The molecule has 96 valence electrons. The van der Waals surface area contributed by atoms with E-state index in [1.807, 2.05) is 6.92 Å². The van der Waals surface area contributed by atoms with Crippen LogP contribution in [0.2, 0.25) is 0 Å². The Morgan fingerprint density at radius 1 is 1.59 bits per heavy atom. The summed E-state index contributed by atoms with van der Waals surface area (Å²) in [6, 6.07) is 0.447. The van der Waals surface area contributed by atoms with Gasteiger partial charge in [0.15, 0.2) is 5.96 Å². The highest BCUT2D eigenvalue weighted by atomic mass is 32.1. The van der Waals surface area contributed by atoms with Gasteiger partial charge in [-0.15, -0.1) is 11.3 Å². The number of guanidine groups is 1. The van der Waals surface area contributed by atoms with E-state index in [2.05, 4.69) is 39.8 Å². The Bertz CT molecular complexity index is 359. The first-order valence-electron chi connectivity index (χ1n) is 6.04. The van der Waals surface area contributed by atoms with Crippen LogP contribution in [0.25, 0.3) is 0 Å². The predicted octanol–water partition coefficient (Wildman–Crippen LogP) is 1.96. The maximum absolute atomic E-state index is 4.43. The second kappa shape index (κ2) is 7.27. The highest BCUT2D eigenvalue weighted by Crippen LogP contribution is 2.07. The maximum Gasteiger partial charge on any atom is 0.191 e. The van der Waals surface area contributed by atoms with E-state index in [9.17, 15) is 0 Å². The van der Waals surface area contributed by atoms with Crippen molar-refractivity contribution in [2.75, 3.05) is 13.6 Å². The SMILES string of the molecule is CCC(C)NC(=NC)NCCc1csc(C)n1. The molecule has 1 rings (SSSR count). The van der Waals surface area contributed by atoms with Gasteiger partial charge in [-0.3, -0.25) is 4.99 Å². The van der Waals surface area contributed by atoms with Gasteiger partial charge >= 0.3 is 0 Å². The predicted molar refractivity (Wildman–Crippen MR) is 74.8 cm³/mol. The summed E-state index contributed by atoms with van der Waals surface area (Å²) in [5, 5.41) is 9.86. The van der Waals surface area contributed by atoms with Gasteiger partial charge in [-0.2, -0.15) is 0 Å². The molecule has 0 radical (unpaired) electrons. The minimum absolute atomic E-state index is 0.447. The fraction of sp³-hybridized carbons (Fsp3) is 0.667. The van der Waals surface area contributed by atoms with Gasteiger partial charge in [-0.25, -0.2) is 4.98 Å². The fourth-order valence-corrected chi connectivity index (χ4v) is 2.01. The van der Waals surface area contributed by atoms with Crippen molar-refractivity contribution in [1.82, 2.24) is 15.6 Å². The van der Waals surface area contributed by atoms with E-state index < -0.39 is 0 Å². The Hall–Kier alpha value is -1.10. The summed E-state index contributed by atoms with van der Waals surface area (Å²) in [7, 11) is 1.80. The van der Waals surface area contributed by atoms with Crippen molar-refractivity contribution in [3.05, 3.63) is 16.1 Å². The third kappa shape index (κ3) is 5.17. The molecule has 1 heterocycles. The molecule has 0 aliphatic rings. The van der Waals surface area contributed by atoms with Crippen molar-refractivity contribution in [2.24, 2.45) is 4.99 Å². The third-order valence-electron chi connectivity index (χ3n) is 2.56. The largest absolute Gasteiger partial charge is 0.356 e. The number of thiazole rings is 1. The topological polar surface area (TPSA) is 49.3 Å². The molecule has 1 aromatic heterocycles. The Balaban J connectivity index is 2.29. The molecule has 4 nitrogen and oxygen atoms in total. The summed E-state index contributed by atoms with van der Waals surface area (Å²) in [6.45, 7) is 7.20. The highest BCUT2D eigenvalue weighted by molar-refractivity contribution is 7.09. The monoisotopic (exact) mass is 254 g/mol. The molecular formula is C12H22N4S.